The van der Waals surface area contributed by atoms with E-state index in [0.717, 1.165) is 0 Å². The van der Waals surface area contributed by atoms with Crippen LogP contribution in [-0.4, -0.2) is 30.7 Å². The van der Waals surface area contributed by atoms with Gasteiger partial charge in [0.25, 0.3) is 0 Å². The quantitative estimate of drug-likeness (QED) is 0.319. The van der Waals surface area contributed by atoms with E-state index in [-0.39, 0.29) is 17.6 Å². The van der Waals surface area contributed by atoms with Crippen molar-refractivity contribution in [3.05, 3.63) is 4.91 Å². The van der Waals surface area contributed by atoms with Crippen molar-refractivity contribution in [3.8, 4) is 0 Å². The molecule has 0 aliphatic heterocycles. The van der Waals surface area contributed by atoms with Crippen molar-refractivity contribution in [1.29, 1.82) is 0 Å². The van der Waals surface area contributed by atoms with Crippen molar-refractivity contribution in [3.63, 3.8) is 0 Å². The molecular formula is C3H12GeN2O. The average molecular weight is 165 g/mol. The van der Waals surface area contributed by atoms with Crippen molar-refractivity contribution in [2.45, 2.75) is 6.42 Å². The average Bonchev–Trinajstić information content (AvgIpc) is 1.61. The predicted octanol–water partition coefficient (Wildman–Crippen LogP) is -1.35. The molecule has 0 aliphatic rings. The first-order valence-electron chi connectivity index (χ1n) is 1.91. The zero-order valence-electron chi connectivity index (χ0n) is 3.55. The van der Waals surface area contributed by atoms with Gasteiger partial charge in [0.15, 0.2) is 0 Å². The molecule has 0 rings (SSSR count). The fraction of sp³-hybridized carbons (Fsp3) is 1.00. The van der Waals surface area contributed by atoms with Crippen LogP contribution in [0.15, 0.2) is 5.18 Å². The van der Waals surface area contributed by atoms with Gasteiger partial charge >= 0.3 is 17.6 Å². The molecule has 0 aromatic carbocycles. The Balaban J connectivity index is 0. The Kier molecular flexibility index (Phi) is 13.7. The van der Waals surface area contributed by atoms with Gasteiger partial charge in [0.1, 0.15) is 0 Å². The van der Waals surface area contributed by atoms with Gasteiger partial charge in [0.05, 0.1) is 6.54 Å². The van der Waals surface area contributed by atoms with E-state index < -0.39 is 0 Å². The topological polar surface area (TPSA) is 55.4 Å². The van der Waals surface area contributed by atoms with E-state index in [0.29, 0.717) is 19.5 Å². The molecule has 0 bridgehead atoms. The molecule has 0 atom stereocenters. The first kappa shape index (κ1) is 10.2. The van der Waals surface area contributed by atoms with Crippen LogP contribution in [0, 0.1) is 4.91 Å². The summed E-state index contributed by atoms with van der Waals surface area (Å²) in [7, 11) is 0. The van der Waals surface area contributed by atoms with Gasteiger partial charge in [-0.25, -0.2) is 0 Å². The van der Waals surface area contributed by atoms with Crippen LogP contribution in [0.3, 0.4) is 0 Å². The van der Waals surface area contributed by atoms with Crippen molar-refractivity contribution >= 4 is 17.6 Å². The van der Waals surface area contributed by atoms with Gasteiger partial charge in [-0.1, -0.05) is 5.18 Å². The molecule has 7 heavy (non-hydrogen) atoms. The number of nitrogens with zero attached hydrogens (tertiary/aromatic N) is 1. The molecule has 0 heterocycles. The number of hydrogen-bond donors (Lipinski definition) is 1. The minimum absolute atomic E-state index is 0. The van der Waals surface area contributed by atoms with Crippen molar-refractivity contribution in [2.24, 2.45) is 10.9 Å². The summed E-state index contributed by atoms with van der Waals surface area (Å²) in [6.07, 6.45) is 0.712. The van der Waals surface area contributed by atoms with Crippen molar-refractivity contribution in [2.75, 3.05) is 13.1 Å². The van der Waals surface area contributed by atoms with E-state index in [4.69, 9.17) is 5.73 Å². The van der Waals surface area contributed by atoms with Crippen LogP contribution < -0.4 is 5.73 Å². The van der Waals surface area contributed by atoms with Crippen LogP contribution in [0.25, 0.3) is 0 Å². The van der Waals surface area contributed by atoms with Gasteiger partial charge in [-0.3, -0.25) is 0 Å². The molecule has 0 radical (unpaired) electrons. The van der Waals surface area contributed by atoms with E-state index in [1.54, 1.807) is 0 Å². The zero-order chi connectivity index (χ0) is 4.83. The summed E-state index contributed by atoms with van der Waals surface area (Å²) < 4.78 is 0. The van der Waals surface area contributed by atoms with Crippen LogP contribution in [0.2, 0.25) is 0 Å². The maximum absolute atomic E-state index is 9.26. The minimum atomic E-state index is 0. The molecule has 0 aliphatic carbocycles. The molecule has 0 unspecified atom stereocenters. The summed E-state index contributed by atoms with van der Waals surface area (Å²) in [5.74, 6) is 0. The Morgan fingerprint density at radius 3 is 2.29 bits per heavy atom. The molecule has 0 aromatic heterocycles. The monoisotopic (exact) mass is 166 g/mol. The van der Waals surface area contributed by atoms with Crippen LogP contribution in [0.5, 0.6) is 0 Å². The second kappa shape index (κ2) is 9.44. The Bertz CT molecular complexity index is 41.9. The first-order chi connectivity index (χ1) is 2.91. The Hall–Kier alpha value is 0.103. The van der Waals surface area contributed by atoms with Crippen LogP contribution in [-0.2, 0) is 0 Å². The molecule has 0 saturated heterocycles. The van der Waals surface area contributed by atoms with Crippen LogP contribution in [0.4, 0.5) is 0 Å². The Labute approximate surface area is 53.6 Å². The number of nitrogens with two attached hydrogens (primary N) is 1. The molecule has 0 saturated carbocycles. The summed E-state index contributed by atoms with van der Waals surface area (Å²) in [6.45, 7) is 0.919. The van der Waals surface area contributed by atoms with Gasteiger partial charge in [0, 0.05) is 0 Å². The Morgan fingerprint density at radius 2 is 2.14 bits per heavy atom. The van der Waals surface area contributed by atoms with Gasteiger partial charge in [-0.15, -0.1) is 0 Å². The second-order valence-corrected chi connectivity index (χ2v) is 0.995. The standard InChI is InChI=1S/C3H8N2O.GeH4/c4-2-1-3-5-6;/h1-4H2;1H4. The summed E-state index contributed by atoms with van der Waals surface area (Å²) in [4.78, 5) is 9.26. The third-order valence-corrected chi connectivity index (χ3v) is 0.454. The molecule has 44 valence electrons. The second-order valence-electron chi connectivity index (χ2n) is 0.995. The summed E-state index contributed by atoms with van der Waals surface area (Å²) >= 11 is 0. The third-order valence-electron chi connectivity index (χ3n) is 0.454. The number of nitroso groups, excluding NO2 is 1. The molecule has 3 nitrogen and oxygen atoms in total. The van der Waals surface area contributed by atoms with Gasteiger partial charge < -0.3 is 5.73 Å². The summed E-state index contributed by atoms with van der Waals surface area (Å²) in [5.41, 5.74) is 5.02. The molecular weight excluding hydrogens is 153 g/mol. The van der Waals surface area contributed by atoms with Gasteiger partial charge in [-0.2, -0.15) is 4.91 Å². The predicted molar refractivity (Wildman–Crippen MR) is 35.7 cm³/mol. The van der Waals surface area contributed by atoms with E-state index in [1.165, 1.54) is 0 Å². The molecule has 0 fully saturated rings. The van der Waals surface area contributed by atoms with Gasteiger partial charge in [0.2, 0.25) is 0 Å². The number of hydrogen-bond acceptors (Lipinski definition) is 3. The molecule has 4 heteroatoms. The van der Waals surface area contributed by atoms with E-state index in [1.807, 2.05) is 0 Å². The normalized spacial score (nSPS) is 7.00. The van der Waals surface area contributed by atoms with E-state index >= 15 is 0 Å². The zero-order valence-corrected chi connectivity index (χ0v) is 3.55. The van der Waals surface area contributed by atoms with E-state index in [2.05, 4.69) is 5.18 Å². The third kappa shape index (κ3) is 10.7. The SMILES string of the molecule is NCCCN=O.[GeH4]. The van der Waals surface area contributed by atoms with E-state index in [9.17, 15) is 4.91 Å². The van der Waals surface area contributed by atoms with Crippen LogP contribution >= 0.6 is 0 Å². The molecule has 2 N–H and O–H groups in total. The first-order valence-corrected chi connectivity index (χ1v) is 1.91. The van der Waals surface area contributed by atoms with Crippen LogP contribution in [0.1, 0.15) is 6.42 Å². The molecule has 0 spiro atoms. The van der Waals surface area contributed by atoms with Crippen molar-refractivity contribution in [1.82, 2.24) is 0 Å². The summed E-state index contributed by atoms with van der Waals surface area (Å²) in [5, 5.41) is 2.60. The fourth-order valence-electron chi connectivity index (χ4n) is 0.156. The van der Waals surface area contributed by atoms with Crippen molar-refractivity contribution < 1.29 is 0 Å². The molecule has 0 amide bonds. The summed E-state index contributed by atoms with van der Waals surface area (Å²) in [6, 6.07) is 0. The fourth-order valence-corrected chi connectivity index (χ4v) is 0.156. The van der Waals surface area contributed by atoms with Gasteiger partial charge in [-0.05, 0) is 13.0 Å². The Morgan fingerprint density at radius 1 is 1.57 bits per heavy atom. The number of rotatable bonds is 3. The molecule has 0 aromatic rings. The maximum atomic E-state index is 9.26.